The van der Waals surface area contributed by atoms with Crippen LogP contribution < -0.4 is 16.0 Å². The molecule has 1 heterocycles. The van der Waals surface area contributed by atoms with E-state index in [4.69, 9.17) is 11.6 Å². The van der Waals surface area contributed by atoms with Crippen molar-refractivity contribution in [2.45, 2.75) is 19.9 Å². The molecule has 162 valence electrons. The van der Waals surface area contributed by atoms with Crippen molar-refractivity contribution in [1.29, 1.82) is 0 Å². The molecule has 6 nitrogen and oxygen atoms in total. The lowest BCUT2D eigenvalue weighted by Crippen LogP contribution is -2.31. The summed E-state index contributed by atoms with van der Waals surface area (Å²) < 4.78 is 0.792. The summed E-state index contributed by atoms with van der Waals surface area (Å²) in [6, 6.07) is 19.9. The molecule has 0 saturated heterocycles. The summed E-state index contributed by atoms with van der Waals surface area (Å²) in [5.74, 6) is -0.263. The summed E-state index contributed by atoms with van der Waals surface area (Å²) in [5.41, 5.74) is 3.67. The van der Waals surface area contributed by atoms with Gasteiger partial charge in [-0.2, -0.15) is 0 Å². The molecular weight excluding hydrogens is 444 g/mol. The van der Waals surface area contributed by atoms with Crippen LogP contribution in [0, 0.1) is 6.92 Å². The fourth-order valence-electron chi connectivity index (χ4n) is 3.25. The van der Waals surface area contributed by atoms with Crippen LogP contribution in [0.2, 0.25) is 5.02 Å². The van der Waals surface area contributed by atoms with Crippen LogP contribution in [0.3, 0.4) is 0 Å². The van der Waals surface area contributed by atoms with Gasteiger partial charge in [0.15, 0.2) is 5.13 Å². The number of carbonyl (C=O) groups is 2. The maximum absolute atomic E-state index is 12.7. The van der Waals surface area contributed by atoms with E-state index in [0.717, 1.165) is 15.8 Å². The second kappa shape index (κ2) is 9.38. The van der Waals surface area contributed by atoms with E-state index in [1.54, 1.807) is 24.3 Å². The van der Waals surface area contributed by atoms with E-state index >= 15 is 0 Å². The first-order valence-electron chi connectivity index (χ1n) is 10.0. The summed E-state index contributed by atoms with van der Waals surface area (Å²) in [7, 11) is 0. The van der Waals surface area contributed by atoms with Crippen LogP contribution in [-0.4, -0.2) is 16.9 Å². The molecular formula is C24H21ClN4O2S. The molecule has 0 saturated carbocycles. The van der Waals surface area contributed by atoms with Gasteiger partial charge >= 0.3 is 6.03 Å². The summed E-state index contributed by atoms with van der Waals surface area (Å²) in [5, 5.41) is 9.48. The van der Waals surface area contributed by atoms with Crippen molar-refractivity contribution in [3.05, 3.63) is 88.4 Å². The molecule has 0 aliphatic heterocycles. The Labute approximate surface area is 194 Å². The van der Waals surface area contributed by atoms with E-state index in [-0.39, 0.29) is 18.0 Å². The Bertz CT molecular complexity index is 1270. The van der Waals surface area contributed by atoms with Crippen molar-refractivity contribution in [1.82, 2.24) is 10.3 Å². The van der Waals surface area contributed by atoms with Crippen molar-refractivity contribution in [2.75, 3.05) is 10.6 Å². The minimum absolute atomic E-state index is 0.144. The number of hydrogen-bond acceptors (Lipinski definition) is 4. The van der Waals surface area contributed by atoms with Crippen LogP contribution in [0.25, 0.3) is 10.2 Å². The Kier molecular flexibility index (Phi) is 6.39. The fraction of sp³-hybridized carbons (Fsp3) is 0.125. The van der Waals surface area contributed by atoms with Crippen molar-refractivity contribution < 1.29 is 9.59 Å². The average molecular weight is 465 g/mol. The van der Waals surface area contributed by atoms with Gasteiger partial charge in [-0.1, -0.05) is 65.4 Å². The largest absolute Gasteiger partial charge is 0.331 e. The molecule has 0 radical (unpaired) electrons. The first-order valence-corrected chi connectivity index (χ1v) is 11.2. The predicted octanol–water partition coefficient (Wildman–Crippen LogP) is 6.39. The molecule has 0 unspecified atom stereocenters. The van der Waals surface area contributed by atoms with Crippen LogP contribution in [-0.2, 0) is 0 Å². The topological polar surface area (TPSA) is 83.1 Å². The third-order valence-electron chi connectivity index (χ3n) is 4.98. The van der Waals surface area contributed by atoms with E-state index in [1.165, 1.54) is 11.3 Å². The lowest BCUT2D eigenvalue weighted by molar-refractivity contribution is 0.102. The number of thiazole rings is 1. The third kappa shape index (κ3) is 4.90. The molecule has 3 N–H and O–H groups in total. The predicted molar refractivity (Wildman–Crippen MR) is 131 cm³/mol. The zero-order chi connectivity index (χ0) is 22.7. The number of nitrogens with one attached hydrogen (secondary N) is 3. The Morgan fingerprint density at radius 1 is 1.00 bits per heavy atom. The standard InChI is InChI=1S/C24H21ClN4O2S/c1-14-7-6-10-18(25)21(14)28-22(30)17-11-12-19-20(13-17)32-24(27-19)29-23(31)26-15(2)16-8-4-3-5-9-16/h3-13,15H,1-2H3,(H,28,30)(H2,26,27,29,31)/t15-/m1/s1. The smallest absolute Gasteiger partial charge is 0.321 e. The van der Waals surface area contributed by atoms with Gasteiger partial charge in [-0.15, -0.1) is 0 Å². The number of rotatable bonds is 5. The molecule has 32 heavy (non-hydrogen) atoms. The van der Waals surface area contributed by atoms with Gasteiger partial charge in [-0.3, -0.25) is 10.1 Å². The number of benzene rings is 3. The van der Waals surface area contributed by atoms with Crippen molar-refractivity contribution in [3.8, 4) is 0 Å². The highest BCUT2D eigenvalue weighted by atomic mass is 35.5. The number of aromatic nitrogens is 1. The first-order chi connectivity index (χ1) is 15.4. The van der Waals surface area contributed by atoms with Crippen LogP contribution in [0.5, 0.6) is 0 Å². The van der Waals surface area contributed by atoms with Crippen molar-refractivity contribution in [3.63, 3.8) is 0 Å². The SMILES string of the molecule is Cc1cccc(Cl)c1NC(=O)c1ccc2nc(NC(=O)N[C@H](C)c3ccccc3)sc2c1. The van der Waals surface area contributed by atoms with Crippen molar-refractivity contribution in [2.24, 2.45) is 0 Å². The van der Waals surface area contributed by atoms with Crippen LogP contribution >= 0.6 is 22.9 Å². The fourth-order valence-corrected chi connectivity index (χ4v) is 4.42. The van der Waals surface area contributed by atoms with E-state index in [1.807, 2.05) is 56.3 Å². The van der Waals surface area contributed by atoms with E-state index in [0.29, 0.717) is 26.9 Å². The number of anilines is 2. The van der Waals surface area contributed by atoms with Gasteiger partial charge < -0.3 is 10.6 Å². The quantitative estimate of drug-likeness (QED) is 0.320. The van der Waals surface area contributed by atoms with Gasteiger partial charge in [0.25, 0.3) is 5.91 Å². The number of aryl methyl sites for hydroxylation is 1. The molecule has 0 bridgehead atoms. The average Bonchev–Trinajstić information content (AvgIpc) is 3.18. The maximum Gasteiger partial charge on any atom is 0.321 e. The number of urea groups is 1. The van der Waals surface area contributed by atoms with Gasteiger partial charge in [0.2, 0.25) is 0 Å². The van der Waals surface area contributed by atoms with Crippen LogP contribution in [0.1, 0.15) is 34.5 Å². The number of nitrogens with zero attached hydrogens (tertiary/aromatic N) is 1. The van der Waals surface area contributed by atoms with Crippen molar-refractivity contribution >= 4 is 55.9 Å². The molecule has 1 atom stereocenters. The number of hydrogen-bond donors (Lipinski definition) is 3. The normalized spacial score (nSPS) is 11.7. The Hall–Kier alpha value is -3.42. The van der Waals surface area contributed by atoms with Gasteiger partial charge in [0.1, 0.15) is 0 Å². The zero-order valence-electron chi connectivity index (χ0n) is 17.5. The van der Waals surface area contributed by atoms with Gasteiger partial charge in [-0.05, 0) is 49.2 Å². The highest BCUT2D eigenvalue weighted by molar-refractivity contribution is 7.22. The molecule has 3 amide bonds. The van der Waals surface area contributed by atoms with Gasteiger partial charge in [0.05, 0.1) is 27.0 Å². The Balaban J connectivity index is 1.45. The van der Waals surface area contributed by atoms with Crippen LogP contribution in [0.4, 0.5) is 15.6 Å². The molecule has 4 rings (SSSR count). The number of carbonyl (C=O) groups excluding carboxylic acids is 2. The Morgan fingerprint density at radius 2 is 1.78 bits per heavy atom. The second-order valence-electron chi connectivity index (χ2n) is 7.32. The lowest BCUT2D eigenvalue weighted by Gasteiger charge is -2.13. The molecule has 4 aromatic rings. The summed E-state index contributed by atoms with van der Waals surface area (Å²) in [4.78, 5) is 29.6. The second-order valence-corrected chi connectivity index (χ2v) is 8.76. The molecule has 8 heteroatoms. The maximum atomic E-state index is 12.7. The lowest BCUT2D eigenvalue weighted by atomic mass is 10.1. The number of amides is 3. The van der Waals surface area contributed by atoms with E-state index < -0.39 is 0 Å². The molecule has 3 aromatic carbocycles. The third-order valence-corrected chi connectivity index (χ3v) is 6.23. The summed E-state index contributed by atoms with van der Waals surface area (Å²) in [6.45, 7) is 3.80. The monoisotopic (exact) mass is 464 g/mol. The highest BCUT2D eigenvalue weighted by Crippen LogP contribution is 2.29. The van der Waals surface area contributed by atoms with Gasteiger partial charge in [0, 0.05) is 5.56 Å². The highest BCUT2D eigenvalue weighted by Gasteiger charge is 2.14. The minimum Gasteiger partial charge on any atom is -0.331 e. The number of para-hydroxylation sites is 1. The molecule has 0 aliphatic rings. The van der Waals surface area contributed by atoms with E-state index in [2.05, 4.69) is 20.9 Å². The number of fused-ring (bicyclic) bond motifs is 1. The summed E-state index contributed by atoms with van der Waals surface area (Å²) >= 11 is 7.52. The summed E-state index contributed by atoms with van der Waals surface area (Å²) in [6.07, 6.45) is 0. The molecule has 0 aliphatic carbocycles. The van der Waals surface area contributed by atoms with Gasteiger partial charge in [-0.25, -0.2) is 9.78 Å². The zero-order valence-corrected chi connectivity index (χ0v) is 19.1. The van der Waals surface area contributed by atoms with Crippen LogP contribution in [0.15, 0.2) is 66.7 Å². The number of halogens is 1. The minimum atomic E-state index is -0.340. The first kappa shape index (κ1) is 21.8. The molecule has 0 fully saturated rings. The Morgan fingerprint density at radius 3 is 2.53 bits per heavy atom. The molecule has 0 spiro atoms. The molecule has 1 aromatic heterocycles. The van der Waals surface area contributed by atoms with E-state index in [9.17, 15) is 9.59 Å².